The number of rotatable bonds is 4. The first kappa shape index (κ1) is 15.9. The Bertz CT molecular complexity index is 452. The highest BCUT2D eigenvalue weighted by Gasteiger charge is 2.12. The quantitative estimate of drug-likeness (QED) is 0.812. The van der Waals surface area contributed by atoms with Gasteiger partial charge in [-0.15, -0.1) is 24.0 Å². The van der Waals surface area contributed by atoms with Crippen LogP contribution in [-0.4, -0.2) is 45.2 Å². The molecule has 0 spiro atoms. The van der Waals surface area contributed by atoms with Gasteiger partial charge in [0.25, 0.3) is 0 Å². The van der Waals surface area contributed by atoms with Crippen LogP contribution < -0.4 is 14.8 Å². The van der Waals surface area contributed by atoms with Crippen LogP contribution in [0.2, 0.25) is 0 Å². The molecule has 1 aromatic carbocycles. The summed E-state index contributed by atoms with van der Waals surface area (Å²) in [5.74, 6) is 2.61. The van der Waals surface area contributed by atoms with Crippen molar-refractivity contribution in [2.24, 2.45) is 4.99 Å². The summed E-state index contributed by atoms with van der Waals surface area (Å²) in [7, 11) is 5.36. The third-order valence-electron chi connectivity index (χ3n) is 2.98. The molecular formula is C13H20IN3O2. The molecule has 1 heterocycles. The van der Waals surface area contributed by atoms with Crippen LogP contribution in [-0.2, 0) is 6.54 Å². The Balaban J connectivity index is 0.00000180. The molecule has 0 fully saturated rings. The molecule has 0 radical (unpaired) electrons. The van der Waals surface area contributed by atoms with E-state index >= 15 is 0 Å². The van der Waals surface area contributed by atoms with Crippen LogP contribution in [0.3, 0.4) is 0 Å². The predicted molar refractivity (Wildman–Crippen MR) is 86.7 cm³/mol. The number of aliphatic imine (C=N–C) groups is 1. The van der Waals surface area contributed by atoms with Gasteiger partial charge in [0.05, 0.1) is 20.8 Å². The van der Waals surface area contributed by atoms with E-state index in [-0.39, 0.29) is 24.0 Å². The molecule has 19 heavy (non-hydrogen) atoms. The first-order valence-electron chi connectivity index (χ1n) is 5.95. The Hall–Kier alpha value is -1.18. The highest BCUT2D eigenvalue weighted by Crippen LogP contribution is 2.23. The molecular weight excluding hydrogens is 357 g/mol. The number of benzene rings is 1. The third kappa shape index (κ3) is 3.89. The van der Waals surface area contributed by atoms with Crippen LogP contribution in [0.25, 0.3) is 0 Å². The fourth-order valence-electron chi connectivity index (χ4n) is 1.92. The van der Waals surface area contributed by atoms with E-state index in [1.165, 1.54) is 0 Å². The van der Waals surface area contributed by atoms with Gasteiger partial charge in [-0.25, -0.2) is 0 Å². The van der Waals surface area contributed by atoms with Crippen LogP contribution in [0, 0.1) is 0 Å². The molecule has 0 atom stereocenters. The third-order valence-corrected chi connectivity index (χ3v) is 2.98. The van der Waals surface area contributed by atoms with E-state index in [1.807, 2.05) is 25.2 Å². The topological polar surface area (TPSA) is 46.1 Å². The van der Waals surface area contributed by atoms with Gasteiger partial charge in [-0.3, -0.25) is 4.99 Å². The molecule has 1 N–H and O–H groups in total. The van der Waals surface area contributed by atoms with E-state index in [4.69, 9.17) is 9.47 Å². The number of guanidine groups is 1. The summed E-state index contributed by atoms with van der Waals surface area (Å²) < 4.78 is 10.6. The van der Waals surface area contributed by atoms with E-state index in [2.05, 4.69) is 15.2 Å². The smallest absolute Gasteiger partial charge is 0.194 e. The van der Waals surface area contributed by atoms with Crippen molar-refractivity contribution >= 4 is 29.9 Å². The molecule has 0 unspecified atom stereocenters. The van der Waals surface area contributed by atoms with Crippen molar-refractivity contribution in [3.05, 3.63) is 23.8 Å². The second kappa shape index (κ2) is 7.42. The normalized spacial score (nSPS) is 13.6. The molecule has 6 heteroatoms. The molecule has 1 aromatic rings. The number of nitrogens with zero attached hydrogens (tertiary/aromatic N) is 2. The summed E-state index contributed by atoms with van der Waals surface area (Å²) in [6.07, 6.45) is 0. The Morgan fingerprint density at radius 1 is 1.32 bits per heavy atom. The number of hydrogen-bond acceptors (Lipinski definition) is 5. The van der Waals surface area contributed by atoms with Crippen molar-refractivity contribution in [1.29, 1.82) is 0 Å². The highest BCUT2D eigenvalue weighted by molar-refractivity contribution is 14.0. The number of methoxy groups -OCH3 is 2. The number of halogens is 1. The molecule has 1 aliphatic heterocycles. The zero-order chi connectivity index (χ0) is 13.0. The van der Waals surface area contributed by atoms with Gasteiger partial charge in [0.15, 0.2) is 5.96 Å². The van der Waals surface area contributed by atoms with Crippen LogP contribution in [0.5, 0.6) is 11.5 Å². The molecule has 0 aliphatic carbocycles. The van der Waals surface area contributed by atoms with Crippen LogP contribution in [0.1, 0.15) is 5.56 Å². The lowest BCUT2D eigenvalue weighted by molar-refractivity contribution is 0.398. The molecule has 5 nitrogen and oxygen atoms in total. The molecule has 0 amide bonds. The molecule has 0 saturated heterocycles. The van der Waals surface area contributed by atoms with E-state index in [0.717, 1.165) is 36.1 Å². The molecule has 106 valence electrons. The van der Waals surface area contributed by atoms with Gasteiger partial charge in [0.1, 0.15) is 11.5 Å². The standard InChI is InChI=1S/C13H19N3O2.HI/c1-16-7-6-14-13(16)15-9-10-8-11(17-2)4-5-12(10)18-3;/h4-5,8H,6-7,9H2,1-3H3,(H,14,15);1H. The van der Waals surface area contributed by atoms with Crippen molar-refractivity contribution < 1.29 is 9.47 Å². The lowest BCUT2D eigenvalue weighted by Gasteiger charge is -2.16. The minimum atomic E-state index is 0. The molecule has 0 bridgehead atoms. The number of likely N-dealkylation sites (N-methyl/N-ethyl adjacent to an activating group) is 1. The Morgan fingerprint density at radius 3 is 2.68 bits per heavy atom. The number of hydrogen-bond donors (Lipinski definition) is 1. The second-order valence-corrected chi connectivity index (χ2v) is 4.16. The van der Waals surface area contributed by atoms with E-state index in [9.17, 15) is 0 Å². The highest BCUT2D eigenvalue weighted by atomic mass is 127. The monoisotopic (exact) mass is 377 g/mol. The average molecular weight is 377 g/mol. The van der Waals surface area contributed by atoms with Crippen molar-refractivity contribution in [3.8, 4) is 11.5 Å². The maximum Gasteiger partial charge on any atom is 0.194 e. The maximum absolute atomic E-state index is 5.34. The lowest BCUT2D eigenvalue weighted by atomic mass is 10.2. The Kier molecular flexibility index (Phi) is 6.20. The fourth-order valence-corrected chi connectivity index (χ4v) is 1.92. The van der Waals surface area contributed by atoms with Crippen molar-refractivity contribution in [1.82, 2.24) is 10.2 Å². The summed E-state index contributed by atoms with van der Waals surface area (Å²) >= 11 is 0. The summed E-state index contributed by atoms with van der Waals surface area (Å²) in [4.78, 5) is 6.49. The lowest BCUT2D eigenvalue weighted by Crippen LogP contribution is -2.35. The van der Waals surface area contributed by atoms with E-state index in [0.29, 0.717) is 6.54 Å². The molecule has 2 rings (SSSR count). The average Bonchev–Trinajstić information content (AvgIpc) is 2.81. The largest absolute Gasteiger partial charge is 0.497 e. The van der Waals surface area contributed by atoms with Gasteiger partial charge < -0.3 is 19.7 Å². The number of nitrogens with one attached hydrogen (secondary N) is 1. The molecule has 0 saturated carbocycles. The Labute approximate surface area is 131 Å². The zero-order valence-electron chi connectivity index (χ0n) is 11.5. The van der Waals surface area contributed by atoms with Crippen molar-refractivity contribution in [2.45, 2.75) is 6.54 Å². The van der Waals surface area contributed by atoms with Gasteiger partial charge in [0, 0.05) is 25.7 Å². The van der Waals surface area contributed by atoms with Crippen molar-refractivity contribution in [2.75, 3.05) is 34.4 Å². The second-order valence-electron chi connectivity index (χ2n) is 4.16. The van der Waals surface area contributed by atoms with Gasteiger partial charge in [-0.2, -0.15) is 0 Å². The maximum atomic E-state index is 5.34. The number of ether oxygens (including phenoxy) is 2. The Morgan fingerprint density at radius 2 is 2.11 bits per heavy atom. The van der Waals surface area contributed by atoms with Crippen LogP contribution in [0.4, 0.5) is 0 Å². The van der Waals surface area contributed by atoms with Crippen LogP contribution in [0.15, 0.2) is 23.2 Å². The summed E-state index contributed by atoms with van der Waals surface area (Å²) in [6.45, 7) is 2.50. The minimum Gasteiger partial charge on any atom is -0.497 e. The first-order chi connectivity index (χ1) is 8.74. The fraction of sp³-hybridized carbons (Fsp3) is 0.462. The predicted octanol–water partition coefficient (Wildman–Crippen LogP) is 1.71. The van der Waals surface area contributed by atoms with Crippen molar-refractivity contribution in [3.63, 3.8) is 0 Å². The first-order valence-corrected chi connectivity index (χ1v) is 5.95. The zero-order valence-corrected chi connectivity index (χ0v) is 13.8. The molecule has 1 aliphatic rings. The van der Waals surface area contributed by atoms with Gasteiger partial charge in [-0.05, 0) is 18.2 Å². The minimum absolute atomic E-state index is 0. The summed E-state index contributed by atoms with van der Waals surface area (Å²) in [6, 6.07) is 5.78. The van der Waals surface area contributed by atoms with Crippen LogP contribution >= 0.6 is 24.0 Å². The van der Waals surface area contributed by atoms with Gasteiger partial charge in [0.2, 0.25) is 0 Å². The molecule has 0 aromatic heterocycles. The van der Waals surface area contributed by atoms with Gasteiger partial charge >= 0.3 is 0 Å². The SMILES string of the molecule is COc1ccc(OC)c(CNC2=NCCN2C)c1.I. The van der Waals surface area contributed by atoms with Gasteiger partial charge in [-0.1, -0.05) is 0 Å². The van der Waals surface area contributed by atoms with E-state index in [1.54, 1.807) is 14.2 Å². The van der Waals surface area contributed by atoms with E-state index < -0.39 is 0 Å². The summed E-state index contributed by atoms with van der Waals surface area (Å²) in [5.41, 5.74) is 1.06. The summed E-state index contributed by atoms with van der Waals surface area (Å²) in [5, 5.41) is 3.31.